The van der Waals surface area contributed by atoms with Gasteiger partial charge in [-0.05, 0) is 33.1 Å². The summed E-state index contributed by atoms with van der Waals surface area (Å²) in [5.74, 6) is 0.290. The molecule has 0 radical (unpaired) electrons. The average Bonchev–Trinajstić information content (AvgIpc) is 2.29. The first-order valence-electron chi connectivity index (χ1n) is 5.99. The molecule has 2 N–H and O–H groups in total. The summed E-state index contributed by atoms with van der Waals surface area (Å²) < 4.78 is 0. The second kappa shape index (κ2) is 4.69. The molecular weight excluding hydrogens is 216 g/mol. The van der Waals surface area contributed by atoms with Gasteiger partial charge in [0.25, 0.3) is 5.91 Å². The molecular formula is C12H18N4O. The smallest absolute Gasteiger partial charge is 0.274 e. The number of carbonyl (C=O) groups excluding carboxylic acids is 1. The maximum Gasteiger partial charge on any atom is 0.274 e. The van der Waals surface area contributed by atoms with Crippen molar-refractivity contribution in [3.05, 3.63) is 18.1 Å². The molecule has 1 aromatic heterocycles. The average molecular weight is 234 g/mol. The molecule has 1 amide bonds. The molecule has 0 aromatic carbocycles. The van der Waals surface area contributed by atoms with Crippen LogP contribution < -0.4 is 5.73 Å². The number of rotatable bonds is 1. The minimum absolute atomic E-state index is 0.0443. The van der Waals surface area contributed by atoms with Crippen LogP contribution in [0.3, 0.4) is 0 Å². The highest BCUT2D eigenvalue weighted by Crippen LogP contribution is 2.23. The van der Waals surface area contributed by atoms with E-state index in [0.29, 0.717) is 11.5 Å². The highest BCUT2D eigenvalue weighted by atomic mass is 16.2. The van der Waals surface area contributed by atoms with Crippen LogP contribution in [-0.4, -0.2) is 32.9 Å². The van der Waals surface area contributed by atoms with Gasteiger partial charge in [0.2, 0.25) is 0 Å². The maximum atomic E-state index is 12.3. The molecule has 5 nitrogen and oxygen atoms in total. The number of nitrogens with zero attached hydrogens (tertiary/aromatic N) is 3. The summed E-state index contributed by atoms with van der Waals surface area (Å²) in [4.78, 5) is 22.2. The van der Waals surface area contributed by atoms with Gasteiger partial charge in [-0.2, -0.15) is 0 Å². The number of hydrogen-bond acceptors (Lipinski definition) is 4. The summed E-state index contributed by atoms with van der Waals surface area (Å²) >= 11 is 0. The lowest BCUT2D eigenvalue weighted by atomic mass is 9.97. The van der Waals surface area contributed by atoms with Crippen molar-refractivity contribution in [1.29, 1.82) is 0 Å². The first kappa shape index (κ1) is 11.8. The van der Waals surface area contributed by atoms with Crippen LogP contribution in [0.1, 0.15) is 43.6 Å². The first-order valence-corrected chi connectivity index (χ1v) is 5.99. The Labute approximate surface area is 101 Å². The number of likely N-dealkylation sites (tertiary alicyclic amines) is 1. The van der Waals surface area contributed by atoms with Gasteiger partial charge in [0, 0.05) is 12.1 Å². The number of hydrogen-bond donors (Lipinski definition) is 1. The van der Waals surface area contributed by atoms with Gasteiger partial charge in [-0.1, -0.05) is 0 Å². The van der Waals surface area contributed by atoms with Gasteiger partial charge in [0.1, 0.15) is 11.5 Å². The van der Waals surface area contributed by atoms with Crippen LogP contribution in [-0.2, 0) is 0 Å². The molecule has 2 heterocycles. The number of carbonyl (C=O) groups is 1. The molecule has 1 saturated heterocycles. The number of aromatic nitrogens is 2. The van der Waals surface area contributed by atoms with Crippen LogP contribution in [0.15, 0.2) is 12.4 Å². The summed E-state index contributed by atoms with van der Waals surface area (Å²) in [5.41, 5.74) is 5.84. The fraction of sp³-hybridized carbons (Fsp3) is 0.583. The van der Waals surface area contributed by atoms with E-state index in [1.807, 2.05) is 4.90 Å². The van der Waals surface area contributed by atoms with E-state index in [0.717, 1.165) is 12.8 Å². The highest BCUT2D eigenvalue weighted by Gasteiger charge is 2.30. The van der Waals surface area contributed by atoms with Crippen LogP contribution in [0.5, 0.6) is 0 Å². The maximum absolute atomic E-state index is 12.3. The van der Waals surface area contributed by atoms with E-state index in [4.69, 9.17) is 5.73 Å². The molecule has 1 aromatic rings. The van der Waals surface area contributed by atoms with Gasteiger partial charge in [-0.25, -0.2) is 9.97 Å². The van der Waals surface area contributed by atoms with Gasteiger partial charge in [-0.3, -0.25) is 4.79 Å². The second-order valence-corrected chi connectivity index (χ2v) is 4.67. The quantitative estimate of drug-likeness (QED) is 0.798. The van der Waals surface area contributed by atoms with Gasteiger partial charge in [0.05, 0.1) is 12.4 Å². The summed E-state index contributed by atoms with van der Waals surface area (Å²) in [6.45, 7) is 4.16. The lowest BCUT2D eigenvalue weighted by Gasteiger charge is -2.38. The van der Waals surface area contributed by atoms with Crippen molar-refractivity contribution in [3.63, 3.8) is 0 Å². The Kier molecular flexibility index (Phi) is 3.26. The summed E-state index contributed by atoms with van der Waals surface area (Å²) in [6.07, 6.45) is 6.16. The van der Waals surface area contributed by atoms with Crippen molar-refractivity contribution < 1.29 is 4.79 Å². The molecule has 17 heavy (non-hydrogen) atoms. The fourth-order valence-corrected chi connectivity index (χ4v) is 2.40. The highest BCUT2D eigenvalue weighted by molar-refractivity contribution is 5.92. The van der Waals surface area contributed by atoms with E-state index in [9.17, 15) is 4.79 Å². The lowest BCUT2D eigenvalue weighted by molar-refractivity contribution is 0.0504. The minimum Gasteiger partial charge on any atom is -0.382 e. The first-order chi connectivity index (χ1) is 8.09. The van der Waals surface area contributed by atoms with Gasteiger partial charge >= 0.3 is 0 Å². The standard InChI is InChI=1S/C12H18N4O/c1-8-4-3-5-9(2)16(8)12(17)10-6-15-11(13)7-14-10/h6-9H,3-5H2,1-2H3,(H2,13,15). The third-order valence-corrected chi connectivity index (χ3v) is 3.32. The molecule has 1 aliphatic rings. The topological polar surface area (TPSA) is 72.1 Å². The van der Waals surface area contributed by atoms with Crippen LogP contribution in [0.25, 0.3) is 0 Å². The number of nitrogens with two attached hydrogens (primary N) is 1. The van der Waals surface area contributed by atoms with Crippen molar-refractivity contribution in [3.8, 4) is 0 Å². The van der Waals surface area contributed by atoms with Gasteiger partial charge < -0.3 is 10.6 Å². The fourth-order valence-electron chi connectivity index (χ4n) is 2.40. The van der Waals surface area contributed by atoms with E-state index in [-0.39, 0.29) is 18.0 Å². The molecule has 2 atom stereocenters. The summed E-state index contributed by atoms with van der Waals surface area (Å²) in [7, 11) is 0. The third-order valence-electron chi connectivity index (χ3n) is 3.32. The molecule has 5 heteroatoms. The predicted molar refractivity (Wildman–Crippen MR) is 65.4 cm³/mol. The van der Waals surface area contributed by atoms with Crippen LogP contribution in [0.4, 0.5) is 5.82 Å². The van der Waals surface area contributed by atoms with E-state index in [1.54, 1.807) is 0 Å². The van der Waals surface area contributed by atoms with Gasteiger partial charge in [-0.15, -0.1) is 0 Å². The third kappa shape index (κ3) is 2.38. The molecule has 1 fully saturated rings. The van der Waals surface area contributed by atoms with Crippen molar-refractivity contribution in [2.24, 2.45) is 0 Å². The Morgan fingerprint density at radius 3 is 2.47 bits per heavy atom. The molecule has 0 bridgehead atoms. The minimum atomic E-state index is -0.0443. The predicted octanol–water partition coefficient (Wildman–Crippen LogP) is 1.46. The van der Waals surface area contributed by atoms with Crippen molar-refractivity contribution in [1.82, 2.24) is 14.9 Å². The largest absolute Gasteiger partial charge is 0.382 e. The van der Waals surface area contributed by atoms with Crippen molar-refractivity contribution in [2.45, 2.75) is 45.2 Å². The Bertz CT molecular complexity index is 393. The number of anilines is 1. The monoisotopic (exact) mass is 234 g/mol. The Balaban J connectivity index is 2.20. The van der Waals surface area contributed by atoms with Crippen molar-refractivity contribution >= 4 is 11.7 Å². The molecule has 0 saturated carbocycles. The SMILES string of the molecule is CC1CCCC(C)N1C(=O)c1cnc(N)cn1. The van der Waals surface area contributed by atoms with Gasteiger partial charge in [0.15, 0.2) is 0 Å². The van der Waals surface area contributed by atoms with E-state index < -0.39 is 0 Å². The number of piperidine rings is 1. The number of amides is 1. The summed E-state index contributed by atoms with van der Waals surface area (Å²) in [5, 5.41) is 0. The van der Waals surface area contributed by atoms with Crippen LogP contribution in [0.2, 0.25) is 0 Å². The van der Waals surface area contributed by atoms with Crippen LogP contribution in [0, 0.1) is 0 Å². The molecule has 2 rings (SSSR count). The second-order valence-electron chi connectivity index (χ2n) is 4.67. The number of nitrogen functional groups attached to an aromatic ring is 1. The zero-order valence-corrected chi connectivity index (χ0v) is 10.3. The van der Waals surface area contributed by atoms with Crippen molar-refractivity contribution in [2.75, 3.05) is 5.73 Å². The Morgan fingerprint density at radius 1 is 1.29 bits per heavy atom. The zero-order chi connectivity index (χ0) is 12.4. The molecule has 0 aliphatic carbocycles. The molecule has 0 spiro atoms. The Hall–Kier alpha value is -1.65. The zero-order valence-electron chi connectivity index (χ0n) is 10.3. The molecule has 92 valence electrons. The van der Waals surface area contributed by atoms with E-state index >= 15 is 0 Å². The van der Waals surface area contributed by atoms with E-state index in [1.165, 1.54) is 18.8 Å². The van der Waals surface area contributed by atoms with Crippen LogP contribution >= 0.6 is 0 Å². The molecule has 2 unspecified atom stereocenters. The summed E-state index contributed by atoms with van der Waals surface area (Å²) in [6, 6.07) is 0.538. The normalized spacial score (nSPS) is 24.7. The van der Waals surface area contributed by atoms with E-state index in [2.05, 4.69) is 23.8 Å². The Morgan fingerprint density at radius 2 is 1.94 bits per heavy atom. The lowest BCUT2D eigenvalue weighted by Crippen LogP contribution is -2.47. The molecule has 1 aliphatic heterocycles.